The molecule has 1 aliphatic heterocycles. The van der Waals surface area contributed by atoms with E-state index in [1.165, 1.54) is 19.3 Å². The fourth-order valence-corrected chi connectivity index (χ4v) is 3.58. The Morgan fingerprint density at radius 1 is 1.24 bits per heavy atom. The molecule has 1 saturated carbocycles. The Morgan fingerprint density at radius 2 is 2.00 bits per heavy atom. The van der Waals surface area contributed by atoms with Crippen molar-refractivity contribution in [3.8, 4) is 0 Å². The number of carbonyl (C=O) groups is 1. The van der Waals surface area contributed by atoms with Gasteiger partial charge in [0.25, 0.3) is 5.91 Å². The van der Waals surface area contributed by atoms with Crippen molar-refractivity contribution in [3.05, 3.63) is 24.2 Å². The van der Waals surface area contributed by atoms with Crippen molar-refractivity contribution in [1.82, 2.24) is 9.80 Å². The van der Waals surface area contributed by atoms with Gasteiger partial charge in [-0.15, -0.1) is 0 Å². The number of hydrogen-bond donors (Lipinski definition) is 0. The summed E-state index contributed by atoms with van der Waals surface area (Å²) in [5.41, 5.74) is 0. The summed E-state index contributed by atoms with van der Waals surface area (Å²) < 4.78 is 10.9. The SMILES string of the molecule is COC1CCCCC1N1CCN(C(=O)c2ccco2)CC1. The zero-order valence-corrected chi connectivity index (χ0v) is 12.7. The first-order valence-electron chi connectivity index (χ1n) is 7.89. The van der Waals surface area contributed by atoms with E-state index in [4.69, 9.17) is 9.15 Å². The fraction of sp³-hybridized carbons (Fsp3) is 0.688. The van der Waals surface area contributed by atoms with Crippen molar-refractivity contribution in [3.63, 3.8) is 0 Å². The molecular weight excluding hydrogens is 268 g/mol. The maximum Gasteiger partial charge on any atom is 0.289 e. The standard InChI is InChI=1S/C16H24N2O3/c1-20-14-6-3-2-5-13(14)17-8-10-18(11-9-17)16(19)15-7-4-12-21-15/h4,7,12-14H,2-3,5-6,8-11H2,1H3. The molecule has 5 nitrogen and oxygen atoms in total. The van der Waals surface area contributed by atoms with Gasteiger partial charge < -0.3 is 14.1 Å². The van der Waals surface area contributed by atoms with Crippen molar-refractivity contribution in [2.45, 2.75) is 37.8 Å². The molecule has 1 aromatic heterocycles. The predicted molar refractivity (Wildman–Crippen MR) is 79.2 cm³/mol. The monoisotopic (exact) mass is 292 g/mol. The van der Waals surface area contributed by atoms with Crippen LogP contribution < -0.4 is 0 Å². The van der Waals surface area contributed by atoms with Crippen molar-refractivity contribution >= 4 is 5.91 Å². The Kier molecular flexibility index (Phi) is 4.60. The largest absolute Gasteiger partial charge is 0.459 e. The third-order valence-electron chi connectivity index (χ3n) is 4.77. The van der Waals surface area contributed by atoms with Crippen molar-refractivity contribution in [1.29, 1.82) is 0 Å². The van der Waals surface area contributed by atoms with Gasteiger partial charge in [-0.25, -0.2) is 0 Å². The molecule has 2 fully saturated rings. The summed E-state index contributed by atoms with van der Waals surface area (Å²) in [5, 5.41) is 0. The highest BCUT2D eigenvalue weighted by molar-refractivity contribution is 5.91. The minimum atomic E-state index is 0.00610. The van der Waals surface area contributed by atoms with Crippen LogP contribution in [0.4, 0.5) is 0 Å². The average molecular weight is 292 g/mol. The Morgan fingerprint density at radius 3 is 2.67 bits per heavy atom. The molecule has 0 aromatic carbocycles. The van der Waals surface area contributed by atoms with Gasteiger partial charge in [0.2, 0.25) is 0 Å². The minimum Gasteiger partial charge on any atom is -0.459 e. The van der Waals surface area contributed by atoms with Gasteiger partial charge in [0.05, 0.1) is 12.4 Å². The van der Waals surface area contributed by atoms with Crippen LogP contribution in [-0.2, 0) is 4.74 Å². The van der Waals surface area contributed by atoms with Gasteiger partial charge in [-0.05, 0) is 25.0 Å². The van der Waals surface area contributed by atoms with Gasteiger partial charge in [-0.3, -0.25) is 9.69 Å². The summed E-state index contributed by atoms with van der Waals surface area (Å²) >= 11 is 0. The Hall–Kier alpha value is -1.33. The quantitative estimate of drug-likeness (QED) is 0.855. The normalized spacial score (nSPS) is 27.8. The van der Waals surface area contributed by atoms with E-state index in [-0.39, 0.29) is 5.91 Å². The van der Waals surface area contributed by atoms with Crippen molar-refractivity contribution in [2.24, 2.45) is 0 Å². The van der Waals surface area contributed by atoms with Crippen molar-refractivity contribution in [2.75, 3.05) is 33.3 Å². The Labute approximate surface area is 125 Å². The lowest BCUT2D eigenvalue weighted by Crippen LogP contribution is -2.55. The second-order valence-corrected chi connectivity index (χ2v) is 5.93. The van der Waals surface area contributed by atoms with Gasteiger partial charge in [0, 0.05) is 39.3 Å². The third-order valence-corrected chi connectivity index (χ3v) is 4.77. The molecule has 0 N–H and O–H groups in total. The molecule has 1 aromatic rings. The van der Waals surface area contributed by atoms with Gasteiger partial charge in [-0.1, -0.05) is 12.8 Å². The molecule has 3 rings (SSSR count). The van der Waals surface area contributed by atoms with E-state index < -0.39 is 0 Å². The molecule has 2 heterocycles. The maximum atomic E-state index is 12.3. The fourth-order valence-electron chi connectivity index (χ4n) is 3.58. The topological polar surface area (TPSA) is 45.9 Å². The first-order chi connectivity index (χ1) is 10.3. The van der Waals surface area contributed by atoms with Crippen LogP contribution in [-0.4, -0.2) is 61.1 Å². The molecule has 0 bridgehead atoms. The zero-order chi connectivity index (χ0) is 14.7. The highest BCUT2D eigenvalue weighted by Crippen LogP contribution is 2.26. The van der Waals surface area contributed by atoms with Gasteiger partial charge in [0.1, 0.15) is 0 Å². The number of nitrogens with zero attached hydrogens (tertiary/aromatic N) is 2. The summed E-state index contributed by atoms with van der Waals surface area (Å²) in [6, 6.07) is 4.01. The van der Waals surface area contributed by atoms with E-state index in [2.05, 4.69) is 4.90 Å². The first kappa shape index (κ1) is 14.6. The predicted octanol–water partition coefficient (Wildman–Crippen LogP) is 1.99. The molecule has 1 aliphatic carbocycles. The van der Waals surface area contributed by atoms with Crippen LogP contribution in [0.3, 0.4) is 0 Å². The highest BCUT2D eigenvalue weighted by Gasteiger charge is 2.33. The number of ether oxygens (including phenoxy) is 1. The number of rotatable bonds is 3. The van der Waals surface area contributed by atoms with E-state index in [0.29, 0.717) is 17.9 Å². The summed E-state index contributed by atoms with van der Waals surface area (Å²) in [7, 11) is 1.82. The van der Waals surface area contributed by atoms with Crippen LogP contribution in [0.15, 0.2) is 22.8 Å². The number of methoxy groups -OCH3 is 1. The van der Waals surface area contributed by atoms with E-state index in [1.54, 1.807) is 18.4 Å². The molecule has 116 valence electrons. The molecule has 0 radical (unpaired) electrons. The van der Waals surface area contributed by atoms with E-state index in [0.717, 1.165) is 32.6 Å². The van der Waals surface area contributed by atoms with Crippen LogP contribution >= 0.6 is 0 Å². The van der Waals surface area contributed by atoms with Crippen LogP contribution in [0.5, 0.6) is 0 Å². The van der Waals surface area contributed by atoms with Gasteiger partial charge >= 0.3 is 0 Å². The lowest BCUT2D eigenvalue weighted by atomic mass is 9.91. The molecule has 2 aliphatic rings. The van der Waals surface area contributed by atoms with E-state index in [1.807, 2.05) is 12.0 Å². The molecule has 2 unspecified atom stereocenters. The van der Waals surface area contributed by atoms with Gasteiger partial charge in [-0.2, -0.15) is 0 Å². The third kappa shape index (κ3) is 3.14. The molecule has 0 spiro atoms. The van der Waals surface area contributed by atoms with Crippen molar-refractivity contribution < 1.29 is 13.9 Å². The van der Waals surface area contributed by atoms with E-state index in [9.17, 15) is 4.79 Å². The second kappa shape index (κ2) is 6.62. The number of furan rings is 1. The second-order valence-electron chi connectivity index (χ2n) is 5.93. The van der Waals surface area contributed by atoms with Crippen LogP contribution in [0.1, 0.15) is 36.2 Å². The maximum absolute atomic E-state index is 12.3. The molecule has 1 amide bonds. The Bertz CT molecular complexity index is 452. The molecule has 5 heteroatoms. The average Bonchev–Trinajstić information content (AvgIpc) is 3.09. The summed E-state index contributed by atoms with van der Waals surface area (Å²) in [5.74, 6) is 0.447. The minimum absolute atomic E-state index is 0.00610. The molecular formula is C16H24N2O3. The summed E-state index contributed by atoms with van der Waals surface area (Å²) in [4.78, 5) is 16.6. The number of piperazine rings is 1. The Balaban J connectivity index is 1.56. The lowest BCUT2D eigenvalue weighted by molar-refractivity contribution is -0.0252. The number of amides is 1. The first-order valence-corrected chi connectivity index (χ1v) is 7.89. The molecule has 21 heavy (non-hydrogen) atoms. The lowest BCUT2D eigenvalue weighted by Gasteiger charge is -2.43. The summed E-state index contributed by atoms with van der Waals surface area (Å²) in [6.07, 6.45) is 6.83. The van der Waals surface area contributed by atoms with Crippen LogP contribution in [0, 0.1) is 0 Å². The molecule has 1 saturated heterocycles. The zero-order valence-electron chi connectivity index (χ0n) is 12.7. The highest BCUT2D eigenvalue weighted by atomic mass is 16.5. The van der Waals surface area contributed by atoms with E-state index >= 15 is 0 Å². The summed E-state index contributed by atoms with van der Waals surface area (Å²) in [6.45, 7) is 3.40. The van der Waals surface area contributed by atoms with Gasteiger partial charge in [0.15, 0.2) is 5.76 Å². The smallest absolute Gasteiger partial charge is 0.289 e. The van der Waals surface area contributed by atoms with Crippen LogP contribution in [0.25, 0.3) is 0 Å². The van der Waals surface area contributed by atoms with Crippen LogP contribution in [0.2, 0.25) is 0 Å². The number of carbonyl (C=O) groups excluding carboxylic acids is 1. The molecule has 2 atom stereocenters. The number of hydrogen-bond acceptors (Lipinski definition) is 4.